The Morgan fingerprint density at radius 2 is 1.71 bits per heavy atom. The van der Waals surface area contributed by atoms with Crippen LogP contribution in [0.5, 0.6) is 0 Å². The molecule has 0 fully saturated rings. The Morgan fingerprint density at radius 1 is 1.00 bits per heavy atom. The highest BCUT2D eigenvalue weighted by Gasteiger charge is 2.12. The van der Waals surface area contributed by atoms with Crippen molar-refractivity contribution in [3.05, 3.63) is 65.7 Å². The van der Waals surface area contributed by atoms with Crippen LogP contribution in [-0.2, 0) is 4.79 Å². The van der Waals surface area contributed by atoms with Crippen LogP contribution in [0.2, 0.25) is 0 Å². The van der Waals surface area contributed by atoms with E-state index in [-0.39, 0.29) is 17.7 Å². The summed E-state index contributed by atoms with van der Waals surface area (Å²) >= 11 is 0. The van der Waals surface area contributed by atoms with E-state index in [0.717, 1.165) is 11.3 Å². The van der Waals surface area contributed by atoms with Crippen LogP contribution in [0.4, 0.5) is 5.69 Å². The Morgan fingerprint density at radius 3 is 2.38 bits per heavy atom. The fourth-order valence-corrected chi connectivity index (χ4v) is 2.35. The number of carbonyl (C=O) groups is 2. The van der Waals surface area contributed by atoms with E-state index < -0.39 is 0 Å². The van der Waals surface area contributed by atoms with Crippen molar-refractivity contribution in [2.45, 2.75) is 19.3 Å². The van der Waals surface area contributed by atoms with E-state index in [0.29, 0.717) is 12.0 Å². The van der Waals surface area contributed by atoms with Gasteiger partial charge in [0.15, 0.2) is 0 Å². The third-order valence-electron chi connectivity index (χ3n) is 3.80. The first kappa shape index (κ1) is 17.5. The van der Waals surface area contributed by atoms with Crippen LogP contribution >= 0.6 is 0 Å². The zero-order valence-corrected chi connectivity index (χ0v) is 14.2. The minimum atomic E-state index is -0.334. The fourth-order valence-electron chi connectivity index (χ4n) is 2.35. The number of carbonyl (C=O) groups excluding carboxylic acids is 2. The Labute approximate surface area is 142 Å². The average molecular weight is 325 g/mol. The summed E-state index contributed by atoms with van der Waals surface area (Å²) in [7, 11) is 3.81. The first-order valence-electron chi connectivity index (χ1n) is 7.89. The van der Waals surface area contributed by atoms with Gasteiger partial charge in [0.05, 0.1) is 0 Å². The lowest BCUT2D eigenvalue weighted by Gasteiger charge is -2.14. The molecule has 24 heavy (non-hydrogen) atoms. The lowest BCUT2D eigenvalue weighted by Crippen LogP contribution is -2.42. The molecule has 126 valence electrons. The smallest absolute Gasteiger partial charge is 0.269 e. The molecular formula is C19H23N3O2. The predicted molar refractivity (Wildman–Crippen MR) is 95.9 cm³/mol. The topological polar surface area (TPSA) is 61.4 Å². The molecule has 0 heterocycles. The van der Waals surface area contributed by atoms with Gasteiger partial charge in [-0.25, -0.2) is 0 Å². The fraction of sp³-hybridized carbons (Fsp3) is 0.263. The number of anilines is 1. The first-order chi connectivity index (χ1) is 11.5. The normalized spacial score (nSPS) is 11.5. The van der Waals surface area contributed by atoms with E-state index in [4.69, 9.17) is 0 Å². The van der Waals surface area contributed by atoms with E-state index in [1.807, 2.05) is 68.4 Å². The van der Waals surface area contributed by atoms with E-state index in [9.17, 15) is 9.59 Å². The highest BCUT2D eigenvalue weighted by molar-refractivity contribution is 5.96. The van der Waals surface area contributed by atoms with E-state index in [1.165, 1.54) is 0 Å². The van der Waals surface area contributed by atoms with Crippen LogP contribution in [0.3, 0.4) is 0 Å². The average Bonchev–Trinajstić information content (AvgIpc) is 2.60. The van der Waals surface area contributed by atoms with Gasteiger partial charge in [-0.3, -0.25) is 20.4 Å². The number of amides is 2. The molecule has 0 aliphatic carbocycles. The maximum Gasteiger partial charge on any atom is 0.269 e. The van der Waals surface area contributed by atoms with Gasteiger partial charge < -0.3 is 4.90 Å². The van der Waals surface area contributed by atoms with Crippen molar-refractivity contribution in [1.29, 1.82) is 0 Å². The van der Waals surface area contributed by atoms with Crippen LogP contribution in [0, 0.1) is 0 Å². The summed E-state index contributed by atoms with van der Waals surface area (Å²) in [6.07, 6.45) is 0.308. The maximum atomic E-state index is 12.1. The van der Waals surface area contributed by atoms with Crippen LogP contribution in [-0.4, -0.2) is 25.9 Å². The SMILES string of the molecule is CC(CC(=O)NNC(=O)c1cccc(N(C)C)c1)c1ccccc1. The lowest BCUT2D eigenvalue weighted by atomic mass is 9.98. The molecule has 0 saturated carbocycles. The van der Waals surface area contributed by atoms with E-state index >= 15 is 0 Å². The van der Waals surface area contributed by atoms with Crippen LogP contribution in [0.25, 0.3) is 0 Å². The zero-order valence-electron chi connectivity index (χ0n) is 14.2. The maximum absolute atomic E-state index is 12.1. The molecule has 1 unspecified atom stereocenters. The molecule has 0 aromatic heterocycles. The highest BCUT2D eigenvalue weighted by Crippen LogP contribution is 2.18. The third kappa shape index (κ3) is 4.84. The third-order valence-corrected chi connectivity index (χ3v) is 3.80. The molecular weight excluding hydrogens is 302 g/mol. The van der Waals surface area contributed by atoms with Gasteiger partial charge in [-0.05, 0) is 29.7 Å². The first-order valence-corrected chi connectivity index (χ1v) is 7.89. The summed E-state index contributed by atoms with van der Waals surface area (Å²) < 4.78 is 0. The molecule has 0 bridgehead atoms. The summed E-state index contributed by atoms with van der Waals surface area (Å²) in [6.45, 7) is 1.98. The van der Waals surface area contributed by atoms with Crippen LogP contribution in [0.15, 0.2) is 54.6 Å². The van der Waals surface area contributed by atoms with Gasteiger partial charge >= 0.3 is 0 Å². The van der Waals surface area contributed by atoms with Crippen molar-refractivity contribution in [1.82, 2.24) is 10.9 Å². The summed E-state index contributed by atoms with van der Waals surface area (Å²) in [4.78, 5) is 26.1. The second-order valence-electron chi connectivity index (χ2n) is 5.96. The van der Waals surface area contributed by atoms with Gasteiger partial charge in [0.25, 0.3) is 5.91 Å². The van der Waals surface area contributed by atoms with Crippen molar-refractivity contribution in [2.75, 3.05) is 19.0 Å². The van der Waals surface area contributed by atoms with Crippen molar-refractivity contribution < 1.29 is 9.59 Å². The number of rotatable bonds is 5. The zero-order chi connectivity index (χ0) is 17.5. The second kappa shape index (κ2) is 8.15. The second-order valence-corrected chi connectivity index (χ2v) is 5.96. The van der Waals surface area contributed by atoms with Gasteiger partial charge in [0, 0.05) is 31.8 Å². The summed E-state index contributed by atoms with van der Waals surface area (Å²) in [5, 5.41) is 0. The molecule has 2 aromatic carbocycles. The van der Waals surface area contributed by atoms with Gasteiger partial charge in [0.2, 0.25) is 5.91 Å². The van der Waals surface area contributed by atoms with E-state index in [1.54, 1.807) is 12.1 Å². The quantitative estimate of drug-likeness (QED) is 0.831. The summed E-state index contributed by atoms with van der Waals surface area (Å²) in [5.41, 5.74) is 7.46. The molecule has 2 amide bonds. The van der Waals surface area contributed by atoms with Crippen LogP contribution < -0.4 is 15.8 Å². The monoisotopic (exact) mass is 325 g/mol. The van der Waals surface area contributed by atoms with Gasteiger partial charge in [-0.15, -0.1) is 0 Å². The molecule has 5 nitrogen and oxygen atoms in total. The van der Waals surface area contributed by atoms with Crippen molar-refractivity contribution >= 4 is 17.5 Å². The van der Waals surface area contributed by atoms with Crippen molar-refractivity contribution in [2.24, 2.45) is 0 Å². The minimum Gasteiger partial charge on any atom is -0.378 e. The predicted octanol–water partition coefficient (Wildman–Crippen LogP) is 2.71. The minimum absolute atomic E-state index is 0.0835. The molecule has 0 spiro atoms. The summed E-state index contributed by atoms with van der Waals surface area (Å²) in [6, 6.07) is 17.0. The largest absolute Gasteiger partial charge is 0.378 e. The molecule has 0 radical (unpaired) electrons. The summed E-state index contributed by atoms with van der Waals surface area (Å²) in [5.74, 6) is -0.469. The molecule has 2 rings (SSSR count). The van der Waals surface area contributed by atoms with Crippen molar-refractivity contribution in [3.63, 3.8) is 0 Å². The van der Waals surface area contributed by atoms with Crippen LogP contribution in [0.1, 0.15) is 35.2 Å². The Kier molecular flexibility index (Phi) is 5.95. The van der Waals surface area contributed by atoms with Gasteiger partial charge in [0.1, 0.15) is 0 Å². The highest BCUT2D eigenvalue weighted by atomic mass is 16.2. The number of hydrogen-bond donors (Lipinski definition) is 2. The molecule has 1 atom stereocenters. The number of hydrogen-bond acceptors (Lipinski definition) is 3. The molecule has 0 aliphatic heterocycles. The standard InChI is InChI=1S/C19H23N3O2/c1-14(15-8-5-4-6-9-15)12-18(23)20-21-19(24)16-10-7-11-17(13-16)22(2)3/h4-11,13-14H,12H2,1-3H3,(H,20,23)(H,21,24). The number of nitrogens with zero attached hydrogens (tertiary/aromatic N) is 1. The lowest BCUT2D eigenvalue weighted by molar-refractivity contribution is -0.122. The Balaban J connectivity index is 1.87. The van der Waals surface area contributed by atoms with Crippen molar-refractivity contribution in [3.8, 4) is 0 Å². The number of hydrazine groups is 1. The number of nitrogens with one attached hydrogen (secondary N) is 2. The van der Waals surface area contributed by atoms with E-state index in [2.05, 4.69) is 10.9 Å². The molecule has 5 heteroatoms. The Bertz CT molecular complexity index is 699. The molecule has 0 saturated heterocycles. The molecule has 2 N–H and O–H groups in total. The van der Waals surface area contributed by atoms with Gasteiger partial charge in [-0.1, -0.05) is 43.3 Å². The van der Waals surface area contributed by atoms with Gasteiger partial charge in [-0.2, -0.15) is 0 Å². The molecule has 0 aliphatic rings. The molecule has 2 aromatic rings. The Hall–Kier alpha value is -2.82. The number of benzene rings is 2.